The van der Waals surface area contributed by atoms with Gasteiger partial charge >= 0.3 is 6.18 Å². The van der Waals surface area contributed by atoms with Crippen LogP contribution in [0.3, 0.4) is 0 Å². The Morgan fingerprint density at radius 2 is 1.82 bits per heavy atom. The molecule has 1 aliphatic carbocycles. The lowest BCUT2D eigenvalue weighted by Gasteiger charge is -2.19. The molecule has 0 radical (unpaired) electrons. The molecular formula is C25H24F3NO4. The molecule has 0 spiro atoms. The van der Waals surface area contributed by atoms with Gasteiger partial charge in [0.25, 0.3) is 0 Å². The zero-order chi connectivity index (χ0) is 23.2. The van der Waals surface area contributed by atoms with Crippen LogP contribution in [0.5, 0.6) is 11.5 Å². The predicted molar refractivity (Wildman–Crippen MR) is 119 cm³/mol. The fourth-order valence-electron chi connectivity index (χ4n) is 4.16. The summed E-state index contributed by atoms with van der Waals surface area (Å²) in [7, 11) is 0. The highest BCUT2D eigenvalue weighted by Crippen LogP contribution is 2.51. The van der Waals surface area contributed by atoms with E-state index in [2.05, 4.69) is 5.32 Å². The van der Waals surface area contributed by atoms with E-state index in [1.165, 1.54) is 18.2 Å². The number of rotatable bonds is 5. The molecule has 33 heavy (non-hydrogen) atoms. The zero-order valence-corrected chi connectivity index (χ0v) is 17.4. The number of carbonyl (C=O) groups is 1. The number of ether oxygens (including phenoxy) is 2. The number of halogens is 3. The molecule has 1 saturated carbocycles. The number of benzene rings is 3. The first-order chi connectivity index (χ1) is 15.8. The number of aliphatic hydroxyl groups is 1. The highest BCUT2D eigenvalue weighted by molar-refractivity contribution is 6.01. The Morgan fingerprint density at radius 3 is 2.55 bits per heavy atom. The number of amides is 1. The number of alkyl halides is 3. The van der Waals surface area contributed by atoms with Crippen molar-refractivity contribution in [2.75, 3.05) is 12.1 Å². The van der Waals surface area contributed by atoms with E-state index in [1.54, 1.807) is 36.4 Å². The number of hydrogen-bond donors (Lipinski definition) is 2. The second-order valence-corrected chi connectivity index (χ2v) is 8.22. The van der Waals surface area contributed by atoms with Gasteiger partial charge in [0.1, 0.15) is 0 Å². The summed E-state index contributed by atoms with van der Waals surface area (Å²) >= 11 is 0. The maximum atomic E-state index is 13.9. The SMILES string of the molecule is O=C(Nc1ccc(-c2cccc(CO)c2)c(C(F)(F)F)c1)C1(c2ccc3c(c2)OCO3)CC1.[HH].[HH]. The molecule has 5 rings (SSSR count). The van der Waals surface area contributed by atoms with Crippen LogP contribution in [0.4, 0.5) is 18.9 Å². The predicted octanol–water partition coefficient (Wildman–Crippen LogP) is 5.76. The molecule has 1 heterocycles. The van der Waals surface area contributed by atoms with E-state index < -0.39 is 17.2 Å². The Balaban J connectivity index is 0.00000171. The summed E-state index contributed by atoms with van der Waals surface area (Å²) in [4.78, 5) is 13.1. The smallest absolute Gasteiger partial charge is 0.417 e. The standard InChI is InChI=1S/C25H20F3NO4.2H2/c26-25(27,28)20-12-18(5-6-19(20)16-3-1-2-15(10-16)13-30)29-23(31)24(8-9-24)17-4-7-21-22(11-17)33-14-32-21;;/h1-7,10-12,30H,8-9,13-14H2,(H,29,31);2*1H. The van der Waals surface area contributed by atoms with Gasteiger partial charge in [-0.2, -0.15) is 13.2 Å². The van der Waals surface area contributed by atoms with Crippen LogP contribution < -0.4 is 14.8 Å². The first-order valence-corrected chi connectivity index (χ1v) is 10.4. The van der Waals surface area contributed by atoms with Gasteiger partial charge in [0, 0.05) is 8.54 Å². The van der Waals surface area contributed by atoms with E-state index >= 15 is 0 Å². The third-order valence-electron chi connectivity index (χ3n) is 6.11. The molecule has 0 unspecified atom stereocenters. The zero-order valence-electron chi connectivity index (χ0n) is 17.4. The molecular weight excluding hydrogens is 435 g/mol. The highest BCUT2D eigenvalue weighted by Gasteiger charge is 2.51. The Labute approximate surface area is 190 Å². The topological polar surface area (TPSA) is 67.8 Å². The second kappa shape index (κ2) is 7.81. The molecule has 2 N–H and O–H groups in total. The van der Waals surface area contributed by atoms with E-state index in [9.17, 15) is 23.1 Å². The lowest BCUT2D eigenvalue weighted by molar-refractivity contribution is -0.137. The Morgan fingerprint density at radius 1 is 1.03 bits per heavy atom. The molecule has 0 atom stereocenters. The largest absolute Gasteiger partial charge is 0.454 e. The first-order valence-electron chi connectivity index (χ1n) is 10.4. The number of carbonyl (C=O) groups excluding carboxylic acids is 1. The summed E-state index contributed by atoms with van der Waals surface area (Å²) in [5.41, 5.74) is -0.00798. The first kappa shape index (κ1) is 21.3. The van der Waals surface area contributed by atoms with Gasteiger partial charge < -0.3 is 19.9 Å². The fraction of sp³-hybridized carbons (Fsp3) is 0.240. The van der Waals surface area contributed by atoms with Gasteiger partial charge in [-0.3, -0.25) is 4.79 Å². The minimum atomic E-state index is -4.63. The summed E-state index contributed by atoms with van der Waals surface area (Å²) in [6, 6.07) is 15.3. The Bertz CT molecular complexity index is 1250. The van der Waals surface area contributed by atoms with Gasteiger partial charge in [-0.05, 0) is 65.4 Å². The van der Waals surface area contributed by atoms with Gasteiger partial charge in [0.2, 0.25) is 12.7 Å². The van der Waals surface area contributed by atoms with Crippen molar-refractivity contribution in [3.63, 3.8) is 0 Å². The summed E-state index contributed by atoms with van der Waals surface area (Å²) in [5, 5.41) is 12.0. The summed E-state index contributed by atoms with van der Waals surface area (Å²) in [6.45, 7) is -0.156. The van der Waals surface area contributed by atoms with Crippen molar-refractivity contribution in [2.24, 2.45) is 0 Å². The molecule has 1 fully saturated rings. The molecule has 0 saturated heterocycles. The summed E-state index contributed by atoms with van der Waals surface area (Å²) in [6.07, 6.45) is -3.44. The number of fused-ring (bicyclic) bond motifs is 1. The minimum absolute atomic E-state index is 0. The van der Waals surface area contributed by atoms with Crippen molar-refractivity contribution < 1.29 is 35.4 Å². The molecule has 3 aromatic carbocycles. The quantitative estimate of drug-likeness (QED) is 0.509. The van der Waals surface area contributed by atoms with Crippen LogP contribution in [-0.4, -0.2) is 17.8 Å². The molecule has 5 nitrogen and oxygen atoms in total. The Hall–Kier alpha value is -3.52. The van der Waals surface area contributed by atoms with Crippen LogP contribution >= 0.6 is 0 Å². The number of nitrogens with one attached hydrogen (secondary N) is 1. The van der Waals surface area contributed by atoms with Gasteiger partial charge in [0.05, 0.1) is 17.6 Å². The normalized spacial score (nSPS) is 15.9. The monoisotopic (exact) mass is 459 g/mol. The third kappa shape index (κ3) is 3.91. The van der Waals surface area contributed by atoms with Crippen LogP contribution in [0.25, 0.3) is 11.1 Å². The molecule has 2 aliphatic rings. The van der Waals surface area contributed by atoms with E-state index in [-0.39, 0.29) is 33.4 Å². The van der Waals surface area contributed by atoms with E-state index in [4.69, 9.17) is 9.47 Å². The number of hydrogen-bond acceptors (Lipinski definition) is 4. The van der Waals surface area contributed by atoms with Crippen LogP contribution in [0.1, 0.15) is 32.4 Å². The molecule has 0 aromatic heterocycles. The second-order valence-electron chi connectivity index (χ2n) is 8.22. The molecule has 174 valence electrons. The van der Waals surface area contributed by atoms with Gasteiger partial charge in [0.15, 0.2) is 11.5 Å². The molecule has 1 amide bonds. The lowest BCUT2D eigenvalue weighted by Crippen LogP contribution is -2.28. The average molecular weight is 459 g/mol. The van der Waals surface area contributed by atoms with Crippen molar-refractivity contribution in [3.05, 3.63) is 77.4 Å². The summed E-state index contributed by atoms with van der Waals surface area (Å²) in [5.74, 6) is 0.801. The lowest BCUT2D eigenvalue weighted by atomic mass is 9.94. The molecule has 3 aromatic rings. The van der Waals surface area contributed by atoms with Crippen molar-refractivity contribution in [2.45, 2.75) is 31.0 Å². The maximum Gasteiger partial charge on any atom is 0.417 e. The van der Waals surface area contributed by atoms with Crippen LogP contribution in [0, 0.1) is 0 Å². The van der Waals surface area contributed by atoms with Gasteiger partial charge in [-0.15, -0.1) is 0 Å². The van der Waals surface area contributed by atoms with Crippen LogP contribution in [-0.2, 0) is 23.0 Å². The third-order valence-corrected chi connectivity index (χ3v) is 6.11. The van der Waals surface area contributed by atoms with E-state index in [0.717, 1.165) is 11.6 Å². The minimum Gasteiger partial charge on any atom is -0.454 e. The van der Waals surface area contributed by atoms with E-state index in [0.29, 0.717) is 35.5 Å². The summed E-state index contributed by atoms with van der Waals surface area (Å²) < 4.78 is 52.4. The molecule has 1 aliphatic heterocycles. The Kier molecular flexibility index (Phi) is 5.05. The van der Waals surface area contributed by atoms with Gasteiger partial charge in [-0.25, -0.2) is 0 Å². The van der Waals surface area contributed by atoms with Crippen LogP contribution in [0.15, 0.2) is 60.7 Å². The van der Waals surface area contributed by atoms with Gasteiger partial charge in [-0.1, -0.05) is 30.3 Å². The number of anilines is 1. The maximum absolute atomic E-state index is 13.9. The molecule has 8 heteroatoms. The average Bonchev–Trinajstić information content (AvgIpc) is 3.49. The highest BCUT2D eigenvalue weighted by atomic mass is 19.4. The van der Waals surface area contributed by atoms with E-state index in [1.807, 2.05) is 0 Å². The van der Waals surface area contributed by atoms with Crippen molar-refractivity contribution in [1.82, 2.24) is 0 Å². The van der Waals surface area contributed by atoms with Crippen molar-refractivity contribution in [1.29, 1.82) is 0 Å². The number of aliphatic hydroxyl groups excluding tert-OH is 1. The van der Waals surface area contributed by atoms with Crippen molar-refractivity contribution >= 4 is 11.6 Å². The van der Waals surface area contributed by atoms with Crippen molar-refractivity contribution in [3.8, 4) is 22.6 Å². The fourth-order valence-corrected chi connectivity index (χ4v) is 4.16. The van der Waals surface area contributed by atoms with Crippen LogP contribution in [0.2, 0.25) is 0 Å². The molecule has 0 bridgehead atoms.